The first-order chi connectivity index (χ1) is 14.3. The van der Waals surface area contributed by atoms with E-state index in [1.54, 1.807) is 15.6 Å². The molecule has 0 fully saturated rings. The SMILES string of the molecule is C=C1c2ccccc2C(=O)N1CCC(=O)Nc1cc(C)nn1-c1cc(C)cc(C)c1. The van der Waals surface area contributed by atoms with E-state index in [2.05, 4.69) is 23.1 Å². The molecule has 0 saturated carbocycles. The van der Waals surface area contributed by atoms with E-state index in [4.69, 9.17) is 0 Å². The Morgan fingerprint density at radius 3 is 2.37 bits per heavy atom. The summed E-state index contributed by atoms with van der Waals surface area (Å²) in [4.78, 5) is 26.8. The average Bonchev–Trinajstić information content (AvgIpc) is 3.17. The molecule has 1 N–H and O–H groups in total. The fourth-order valence-electron chi connectivity index (χ4n) is 3.85. The number of rotatable bonds is 5. The molecule has 0 atom stereocenters. The maximum Gasteiger partial charge on any atom is 0.258 e. The van der Waals surface area contributed by atoms with E-state index >= 15 is 0 Å². The molecule has 3 aromatic rings. The summed E-state index contributed by atoms with van der Waals surface area (Å²) in [6.07, 6.45) is 0.163. The Morgan fingerprint density at radius 2 is 1.70 bits per heavy atom. The monoisotopic (exact) mass is 400 g/mol. The molecule has 0 aliphatic carbocycles. The minimum atomic E-state index is -0.183. The number of carbonyl (C=O) groups excluding carboxylic acids is 2. The fraction of sp³-hybridized carbons (Fsp3) is 0.208. The molecular weight excluding hydrogens is 376 g/mol. The van der Waals surface area contributed by atoms with E-state index in [9.17, 15) is 9.59 Å². The standard InChI is InChI=1S/C24H24N4O2/c1-15-11-16(2)13-19(12-15)28-22(14-17(3)26-28)25-23(29)9-10-27-18(4)20-7-5-6-8-21(20)24(27)30/h5-8,11-14H,4,9-10H2,1-3H3,(H,25,29). The van der Waals surface area contributed by atoms with Crippen molar-refractivity contribution in [1.82, 2.24) is 14.7 Å². The number of amides is 2. The highest BCUT2D eigenvalue weighted by molar-refractivity contribution is 6.09. The molecule has 152 valence electrons. The molecule has 0 saturated heterocycles. The van der Waals surface area contributed by atoms with Crippen molar-refractivity contribution < 1.29 is 9.59 Å². The molecule has 0 spiro atoms. The summed E-state index contributed by atoms with van der Waals surface area (Å²) < 4.78 is 1.74. The van der Waals surface area contributed by atoms with Crippen molar-refractivity contribution in [3.63, 3.8) is 0 Å². The molecule has 1 aliphatic rings. The number of nitrogens with zero attached hydrogens (tertiary/aromatic N) is 3. The van der Waals surface area contributed by atoms with Gasteiger partial charge in [0.25, 0.3) is 5.91 Å². The van der Waals surface area contributed by atoms with Gasteiger partial charge in [-0.3, -0.25) is 9.59 Å². The number of benzene rings is 2. The van der Waals surface area contributed by atoms with Crippen LogP contribution < -0.4 is 5.32 Å². The largest absolute Gasteiger partial charge is 0.311 e. The van der Waals surface area contributed by atoms with Crippen molar-refractivity contribution in [3.05, 3.63) is 83.1 Å². The minimum absolute atomic E-state index is 0.112. The van der Waals surface area contributed by atoms with Crippen LogP contribution in [0.4, 0.5) is 5.82 Å². The second-order valence-electron chi connectivity index (χ2n) is 7.68. The Hall–Kier alpha value is -3.67. The minimum Gasteiger partial charge on any atom is -0.311 e. The van der Waals surface area contributed by atoms with E-state index in [1.165, 1.54) is 0 Å². The second kappa shape index (κ2) is 7.63. The van der Waals surface area contributed by atoms with Gasteiger partial charge in [0.1, 0.15) is 5.82 Å². The maximum atomic E-state index is 12.7. The van der Waals surface area contributed by atoms with Crippen molar-refractivity contribution in [3.8, 4) is 5.69 Å². The number of aryl methyl sites for hydroxylation is 3. The first-order valence-corrected chi connectivity index (χ1v) is 9.89. The first-order valence-electron chi connectivity index (χ1n) is 9.89. The van der Waals surface area contributed by atoms with Gasteiger partial charge in [-0.15, -0.1) is 0 Å². The highest BCUT2D eigenvalue weighted by Crippen LogP contribution is 2.31. The predicted octanol–water partition coefficient (Wildman–Crippen LogP) is 4.25. The molecule has 2 amide bonds. The summed E-state index contributed by atoms with van der Waals surface area (Å²) in [5, 5.41) is 7.47. The van der Waals surface area contributed by atoms with E-state index < -0.39 is 0 Å². The molecule has 30 heavy (non-hydrogen) atoms. The Labute approximate surface area is 175 Å². The molecule has 0 unspecified atom stereocenters. The lowest BCUT2D eigenvalue weighted by atomic mass is 10.1. The molecule has 4 rings (SSSR count). The zero-order chi connectivity index (χ0) is 21.4. The van der Waals surface area contributed by atoms with Crippen LogP contribution in [0.2, 0.25) is 0 Å². The third-order valence-electron chi connectivity index (χ3n) is 5.15. The maximum absolute atomic E-state index is 12.7. The summed E-state index contributed by atoms with van der Waals surface area (Å²) in [5.74, 6) is 0.314. The lowest BCUT2D eigenvalue weighted by Gasteiger charge is -2.17. The van der Waals surface area contributed by atoms with Crippen molar-refractivity contribution in [1.29, 1.82) is 0 Å². The van der Waals surface area contributed by atoms with Gasteiger partial charge < -0.3 is 10.2 Å². The molecule has 1 aromatic heterocycles. The number of hydrogen-bond acceptors (Lipinski definition) is 3. The van der Waals surface area contributed by atoms with Gasteiger partial charge in [-0.05, 0) is 50.1 Å². The fourth-order valence-corrected chi connectivity index (χ4v) is 3.85. The quantitative estimate of drug-likeness (QED) is 0.696. The number of hydrogen-bond donors (Lipinski definition) is 1. The van der Waals surface area contributed by atoms with Gasteiger partial charge in [-0.2, -0.15) is 5.10 Å². The Bertz CT molecular complexity index is 1120. The van der Waals surface area contributed by atoms with E-state index in [1.807, 2.05) is 57.2 Å². The van der Waals surface area contributed by atoms with Gasteiger partial charge in [0.05, 0.1) is 11.4 Å². The normalized spacial score (nSPS) is 13.0. The Morgan fingerprint density at radius 1 is 1.03 bits per heavy atom. The third-order valence-corrected chi connectivity index (χ3v) is 5.15. The topological polar surface area (TPSA) is 67.2 Å². The molecule has 1 aliphatic heterocycles. The molecule has 6 nitrogen and oxygen atoms in total. The van der Waals surface area contributed by atoms with Gasteiger partial charge in [-0.25, -0.2) is 4.68 Å². The summed E-state index contributed by atoms with van der Waals surface area (Å²) >= 11 is 0. The van der Waals surface area contributed by atoms with E-state index in [0.29, 0.717) is 17.1 Å². The van der Waals surface area contributed by atoms with Gasteiger partial charge in [-0.1, -0.05) is 30.8 Å². The van der Waals surface area contributed by atoms with Gasteiger partial charge in [0.15, 0.2) is 0 Å². The zero-order valence-electron chi connectivity index (χ0n) is 17.4. The van der Waals surface area contributed by atoms with Crippen LogP contribution in [0, 0.1) is 20.8 Å². The predicted molar refractivity (Wildman–Crippen MR) is 118 cm³/mol. The van der Waals surface area contributed by atoms with Gasteiger partial charge in [0.2, 0.25) is 5.91 Å². The zero-order valence-corrected chi connectivity index (χ0v) is 17.4. The Kier molecular flexibility index (Phi) is 4.99. The van der Waals surface area contributed by atoms with Crippen molar-refractivity contribution in [2.24, 2.45) is 0 Å². The number of aromatic nitrogens is 2. The van der Waals surface area contributed by atoms with Crippen LogP contribution in [-0.2, 0) is 4.79 Å². The summed E-state index contributed by atoms with van der Waals surface area (Å²) in [7, 11) is 0. The Balaban J connectivity index is 1.47. The van der Waals surface area contributed by atoms with Crippen LogP contribution in [0.25, 0.3) is 11.4 Å². The van der Waals surface area contributed by atoms with Gasteiger partial charge >= 0.3 is 0 Å². The number of carbonyl (C=O) groups is 2. The van der Waals surface area contributed by atoms with Crippen LogP contribution in [0.15, 0.2) is 55.1 Å². The van der Waals surface area contributed by atoms with Crippen LogP contribution >= 0.6 is 0 Å². The highest BCUT2D eigenvalue weighted by Gasteiger charge is 2.30. The number of fused-ring (bicyclic) bond motifs is 1. The van der Waals surface area contributed by atoms with Crippen LogP contribution in [0.1, 0.15) is 39.2 Å². The summed E-state index contributed by atoms with van der Waals surface area (Å²) in [6, 6.07) is 15.4. The third kappa shape index (κ3) is 3.64. The summed E-state index contributed by atoms with van der Waals surface area (Å²) in [5.41, 5.74) is 6.05. The highest BCUT2D eigenvalue weighted by atomic mass is 16.2. The van der Waals surface area contributed by atoms with Crippen LogP contribution in [-0.4, -0.2) is 33.0 Å². The molecule has 2 heterocycles. The molecule has 0 radical (unpaired) electrons. The molecular formula is C24H24N4O2. The molecule has 6 heteroatoms. The smallest absolute Gasteiger partial charge is 0.258 e. The van der Waals surface area contributed by atoms with Crippen LogP contribution in [0.5, 0.6) is 0 Å². The molecule has 0 bridgehead atoms. The average molecular weight is 400 g/mol. The van der Waals surface area contributed by atoms with Crippen molar-refractivity contribution in [2.45, 2.75) is 27.2 Å². The van der Waals surface area contributed by atoms with Crippen molar-refractivity contribution >= 4 is 23.3 Å². The lowest BCUT2D eigenvalue weighted by molar-refractivity contribution is -0.116. The second-order valence-corrected chi connectivity index (χ2v) is 7.68. The van der Waals surface area contributed by atoms with Crippen molar-refractivity contribution in [2.75, 3.05) is 11.9 Å². The van der Waals surface area contributed by atoms with Crippen LogP contribution in [0.3, 0.4) is 0 Å². The first kappa shape index (κ1) is 19.6. The summed E-state index contributed by atoms with van der Waals surface area (Å²) in [6.45, 7) is 10.2. The van der Waals surface area contributed by atoms with Gasteiger partial charge in [0, 0.05) is 35.9 Å². The molecule has 2 aromatic carbocycles. The van der Waals surface area contributed by atoms with E-state index in [0.717, 1.165) is 28.1 Å². The number of nitrogens with one attached hydrogen (secondary N) is 1. The van der Waals surface area contributed by atoms with E-state index in [-0.39, 0.29) is 24.8 Å². The lowest BCUT2D eigenvalue weighted by Crippen LogP contribution is -2.27. The number of anilines is 1.